The number of ether oxygens (including phenoxy) is 2. The summed E-state index contributed by atoms with van der Waals surface area (Å²) in [7, 11) is 1.54. The van der Waals surface area contributed by atoms with E-state index in [0.717, 1.165) is 21.7 Å². The van der Waals surface area contributed by atoms with E-state index >= 15 is 0 Å². The molecule has 4 rings (SSSR count). The minimum absolute atomic E-state index is 0.152. The third kappa shape index (κ3) is 4.73. The fraction of sp³-hybridized carbons (Fsp3) is 0.0833. The van der Waals surface area contributed by atoms with E-state index in [1.54, 1.807) is 43.5 Å². The number of carboxylic acids is 1. The van der Waals surface area contributed by atoms with Crippen LogP contribution in [-0.2, 0) is 11.4 Å². The van der Waals surface area contributed by atoms with Gasteiger partial charge < -0.3 is 19.9 Å². The molecule has 0 saturated heterocycles. The van der Waals surface area contributed by atoms with Gasteiger partial charge in [0.05, 0.1) is 23.3 Å². The lowest BCUT2D eigenvalue weighted by atomic mass is 10.1. The molecule has 31 heavy (non-hydrogen) atoms. The fourth-order valence-electron chi connectivity index (χ4n) is 3.10. The number of anilines is 1. The summed E-state index contributed by atoms with van der Waals surface area (Å²) in [5.74, 6) is -0.0906. The minimum Gasteiger partial charge on any atom is -0.493 e. The first-order valence-corrected chi connectivity index (χ1v) is 10.3. The van der Waals surface area contributed by atoms with Crippen LogP contribution in [0.4, 0.5) is 5.69 Å². The summed E-state index contributed by atoms with van der Waals surface area (Å²) in [4.78, 5) is 25.1. The predicted octanol–water partition coefficient (Wildman–Crippen LogP) is 5.06. The normalized spacial score (nSPS) is 14.0. The van der Waals surface area contributed by atoms with Gasteiger partial charge in [0.25, 0.3) is 5.91 Å². The van der Waals surface area contributed by atoms with Gasteiger partial charge in [0.15, 0.2) is 11.5 Å². The van der Waals surface area contributed by atoms with E-state index in [2.05, 4.69) is 5.32 Å². The van der Waals surface area contributed by atoms with Crippen molar-refractivity contribution in [2.75, 3.05) is 12.4 Å². The summed E-state index contributed by atoms with van der Waals surface area (Å²) in [6.45, 7) is 0.201. The maximum Gasteiger partial charge on any atom is 0.335 e. The second kappa shape index (κ2) is 8.97. The average molecular weight is 433 g/mol. The minimum atomic E-state index is -0.982. The lowest BCUT2D eigenvalue weighted by molar-refractivity contribution is -0.112. The van der Waals surface area contributed by atoms with Crippen LogP contribution in [0.15, 0.2) is 76.5 Å². The SMILES string of the molecule is COc1cc(/C=C2\Sc3ccccc3NC2=O)ccc1OCc1cccc(C(=O)O)c1. The lowest BCUT2D eigenvalue weighted by Crippen LogP contribution is -2.17. The van der Waals surface area contributed by atoms with Crippen molar-refractivity contribution in [3.8, 4) is 11.5 Å². The number of carboxylic acid groups (broad SMARTS) is 1. The first-order valence-electron chi connectivity index (χ1n) is 9.46. The van der Waals surface area contributed by atoms with Crippen LogP contribution in [0.1, 0.15) is 21.5 Å². The van der Waals surface area contributed by atoms with E-state index in [1.807, 2.05) is 30.3 Å². The average Bonchev–Trinajstić information content (AvgIpc) is 2.78. The maximum absolute atomic E-state index is 12.4. The first-order chi connectivity index (χ1) is 15.0. The molecule has 0 aromatic heterocycles. The maximum atomic E-state index is 12.4. The molecule has 0 spiro atoms. The van der Waals surface area contributed by atoms with Crippen molar-refractivity contribution in [1.29, 1.82) is 0 Å². The Kier molecular flexibility index (Phi) is 5.95. The predicted molar refractivity (Wildman–Crippen MR) is 120 cm³/mol. The summed E-state index contributed by atoms with van der Waals surface area (Å²) in [6, 6.07) is 19.6. The Bertz CT molecular complexity index is 1190. The zero-order valence-corrected chi connectivity index (χ0v) is 17.4. The molecular formula is C24H19NO5S. The molecule has 0 atom stereocenters. The van der Waals surface area contributed by atoms with Gasteiger partial charge in [-0.3, -0.25) is 4.79 Å². The number of fused-ring (bicyclic) bond motifs is 1. The Hall–Kier alpha value is -3.71. The third-order valence-corrected chi connectivity index (χ3v) is 5.73. The number of hydrogen-bond acceptors (Lipinski definition) is 5. The number of nitrogens with one attached hydrogen (secondary N) is 1. The first kappa shape index (κ1) is 20.6. The van der Waals surface area contributed by atoms with E-state index in [9.17, 15) is 9.59 Å². The second-order valence-electron chi connectivity index (χ2n) is 6.77. The van der Waals surface area contributed by atoms with Crippen molar-refractivity contribution >= 4 is 35.4 Å². The van der Waals surface area contributed by atoms with Crippen LogP contribution >= 0.6 is 11.8 Å². The number of benzene rings is 3. The smallest absolute Gasteiger partial charge is 0.335 e. The highest BCUT2D eigenvalue weighted by Crippen LogP contribution is 2.39. The van der Waals surface area contributed by atoms with Gasteiger partial charge in [0.2, 0.25) is 0 Å². The topological polar surface area (TPSA) is 84.9 Å². The molecule has 0 saturated carbocycles. The number of carbonyl (C=O) groups is 2. The summed E-state index contributed by atoms with van der Waals surface area (Å²) in [5.41, 5.74) is 2.55. The number of para-hydroxylation sites is 1. The zero-order chi connectivity index (χ0) is 21.8. The van der Waals surface area contributed by atoms with Crippen molar-refractivity contribution in [3.05, 3.63) is 88.3 Å². The molecule has 0 unspecified atom stereocenters. The molecule has 7 heteroatoms. The van der Waals surface area contributed by atoms with Crippen LogP contribution < -0.4 is 14.8 Å². The summed E-state index contributed by atoms with van der Waals surface area (Å²) in [6.07, 6.45) is 1.80. The molecule has 1 amide bonds. The van der Waals surface area contributed by atoms with E-state index in [-0.39, 0.29) is 18.1 Å². The number of methoxy groups -OCH3 is 1. The monoisotopic (exact) mass is 433 g/mol. The van der Waals surface area contributed by atoms with Crippen molar-refractivity contribution in [2.24, 2.45) is 0 Å². The Morgan fingerprint density at radius 2 is 1.90 bits per heavy atom. The molecule has 1 aliphatic rings. The number of thioether (sulfide) groups is 1. The number of hydrogen-bond donors (Lipinski definition) is 2. The molecule has 0 aliphatic carbocycles. The van der Waals surface area contributed by atoms with Crippen LogP contribution in [-0.4, -0.2) is 24.1 Å². The number of aromatic carboxylic acids is 1. The quantitative estimate of drug-likeness (QED) is 0.529. The number of rotatable bonds is 6. The van der Waals surface area contributed by atoms with Crippen LogP contribution in [0.2, 0.25) is 0 Å². The highest BCUT2D eigenvalue weighted by atomic mass is 32.2. The van der Waals surface area contributed by atoms with Crippen LogP contribution in [0.3, 0.4) is 0 Å². The summed E-state index contributed by atoms with van der Waals surface area (Å²) < 4.78 is 11.3. The Morgan fingerprint density at radius 3 is 2.71 bits per heavy atom. The van der Waals surface area contributed by atoms with Crippen LogP contribution in [0, 0.1) is 0 Å². The summed E-state index contributed by atoms with van der Waals surface area (Å²) >= 11 is 1.42. The van der Waals surface area contributed by atoms with Gasteiger partial charge in [-0.15, -0.1) is 0 Å². The van der Waals surface area contributed by atoms with E-state index in [4.69, 9.17) is 14.6 Å². The van der Waals surface area contributed by atoms with E-state index < -0.39 is 5.97 Å². The van der Waals surface area contributed by atoms with Crippen LogP contribution in [0.5, 0.6) is 11.5 Å². The summed E-state index contributed by atoms with van der Waals surface area (Å²) in [5, 5.41) is 12.0. The van der Waals surface area contributed by atoms with Gasteiger partial charge in [0.1, 0.15) is 6.61 Å². The van der Waals surface area contributed by atoms with Gasteiger partial charge in [-0.25, -0.2) is 4.79 Å². The molecular weight excluding hydrogens is 414 g/mol. The third-order valence-electron chi connectivity index (χ3n) is 4.63. The molecule has 1 heterocycles. The van der Waals surface area contributed by atoms with Crippen molar-refractivity contribution < 1.29 is 24.2 Å². The highest BCUT2D eigenvalue weighted by Gasteiger charge is 2.20. The van der Waals surface area contributed by atoms with Crippen molar-refractivity contribution in [2.45, 2.75) is 11.5 Å². The Morgan fingerprint density at radius 1 is 1.06 bits per heavy atom. The molecule has 0 radical (unpaired) electrons. The Labute approximate surface area is 183 Å². The molecule has 3 aromatic rings. The molecule has 3 aromatic carbocycles. The molecule has 0 bridgehead atoms. The molecule has 2 N–H and O–H groups in total. The van der Waals surface area contributed by atoms with Crippen LogP contribution in [0.25, 0.3) is 6.08 Å². The van der Waals surface area contributed by atoms with Gasteiger partial charge in [-0.05, 0) is 53.6 Å². The number of amides is 1. The Balaban J connectivity index is 1.52. The van der Waals surface area contributed by atoms with Gasteiger partial charge in [0, 0.05) is 4.90 Å². The molecule has 156 valence electrons. The van der Waals surface area contributed by atoms with Gasteiger partial charge in [-0.2, -0.15) is 0 Å². The molecule has 0 fully saturated rings. The second-order valence-corrected chi connectivity index (χ2v) is 7.85. The van der Waals surface area contributed by atoms with Gasteiger partial charge in [-0.1, -0.05) is 42.1 Å². The van der Waals surface area contributed by atoms with E-state index in [1.165, 1.54) is 17.8 Å². The van der Waals surface area contributed by atoms with E-state index in [0.29, 0.717) is 16.4 Å². The highest BCUT2D eigenvalue weighted by molar-refractivity contribution is 8.04. The number of carbonyl (C=O) groups excluding carboxylic acids is 1. The standard InChI is InChI=1S/C24H19NO5S/c1-29-20-12-15(13-22-23(26)25-18-7-2-3-8-21(18)31-22)9-10-19(20)30-14-16-5-4-6-17(11-16)24(27)28/h2-13H,14H2,1H3,(H,25,26)(H,27,28)/b22-13-. The lowest BCUT2D eigenvalue weighted by Gasteiger charge is -2.18. The zero-order valence-electron chi connectivity index (χ0n) is 16.6. The fourth-order valence-corrected chi connectivity index (χ4v) is 4.05. The molecule has 6 nitrogen and oxygen atoms in total. The van der Waals surface area contributed by atoms with Gasteiger partial charge >= 0.3 is 5.97 Å². The van der Waals surface area contributed by atoms with Crippen molar-refractivity contribution in [1.82, 2.24) is 0 Å². The van der Waals surface area contributed by atoms with Crippen molar-refractivity contribution in [3.63, 3.8) is 0 Å². The molecule has 1 aliphatic heterocycles. The largest absolute Gasteiger partial charge is 0.493 e.